The summed E-state index contributed by atoms with van der Waals surface area (Å²) in [6.07, 6.45) is 4.44. The quantitative estimate of drug-likeness (QED) is 0.411. The molecule has 0 aliphatic carbocycles. The molecule has 0 saturated heterocycles. The molecule has 0 fully saturated rings. The molecule has 19 heavy (non-hydrogen) atoms. The number of carbonyl (C=O) groups is 3. The van der Waals surface area contributed by atoms with Crippen LogP contribution >= 0.6 is 0 Å². The van der Waals surface area contributed by atoms with Crippen LogP contribution in [0.4, 0.5) is 0 Å². The van der Waals surface area contributed by atoms with Crippen LogP contribution in [0.15, 0.2) is 0 Å². The zero-order valence-corrected chi connectivity index (χ0v) is 16.1. The molecule has 0 rings (SSSR count). The first-order chi connectivity index (χ1) is 8.93. The fourth-order valence-corrected chi connectivity index (χ4v) is 14.4. The Morgan fingerprint density at radius 2 is 1.42 bits per heavy atom. The molecular formula is C15H28O3Sn. The molecule has 0 heterocycles. The van der Waals surface area contributed by atoms with Gasteiger partial charge in [0, 0.05) is 0 Å². The number of Topliss-reactive ketones (excluding diaryl/α,β-unsaturated/α-hetero) is 3. The van der Waals surface area contributed by atoms with Crippen LogP contribution in [0.25, 0.3) is 0 Å². The summed E-state index contributed by atoms with van der Waals surface area (Å²) in [6, 6.07) is 0. The monoisotopic (exact) mass is 376 g/mol. The van der Waals surface area contributed by atoms with E-state index in [4.69, 9.17) is 0 Å². The fraction of sp³-hybridized carbons (Fsp3) is 0.800. The Kier molecular flexibility index (Phi) is 10.5. The number of hydrogen-bond acceptors (Lipinski definition) is 3. The first-order valence-corrected chi connectivity index (χ1v) is 14.0. The molecule has 0 aromatic rings. The van der Waals surface area contributed by atoms with E-state index < -0.39 is 19.8 Å². The third-order valence-corrected chi connectivity index (χ3v) is 15.2. The van der Waals surface area contributed by atoms with Crippen LogP contribution in [-0.2, 0) is 14.4 Å². The van der Waals surface area contributed by atoms with Crippen LogP contribution in [0.1, 0.15) is 59.8 Å². The van der Waals surface area contributed by atoms with Crippen molar-refractivity contribution >= 4 is 37.1 Å². The Hall–Kier alpha value is -0.191. The summed E-state index contributed by atoms with van der Waals surface area (Å²) in [5.41, 5.74) is 0. The molecule has 110 valence electrons. The van der Waals surface area contributed by atoms with Gasteiger partial charge in [-0.1, -0.05) is 0 Å². The van der Waals surface area contributed by atoms with E-state index >= 15 is 0 Å². The Balaban J connectivity index is 4.86. The Labute approximate surface area is 124 Å². The molecule has 0 amide bonds. The number of carbonyl (C=O) groups excluding carboxylic acids is 3. The van der Waals surface area contributed by atoms with E-state index in [0.717, 1.165) is 34.6 Å². The van der Waals surface area contributed by atoms with Crippen LogP contribution < -0.4 is 0 Å². The van der Waals surface area contributed by atoms with E-state index in [0.29, 0.717) is 0 Å². The number of hydrogen-bond donors (Lipinski definition) is 0. The van der Waals surface area contributed by atoms with Crippen molar-refractivity contribution < 1.29 is 14.4 Å². The molecule has 0 aliphatic heterocycles. The Morgan fingerprint density at radius 3 is 1.74 bits per heavy atom. The topological polar surface area (TPSA) is 51.2 Å². The van der Waals surface area contributed by atoms with E-state index in [2.05, 4.69) is 13.8 Å². The van der Waals surface area contributed by atoms with E-state index in [9.17, 15) is 14.4 Å². The van der Waals surface area contributed by atoms with Crippen LogP contribution in [0.5, 0.6) is 0 Å². The average molecular weight is 375 g/mol. The zero-order chi connectivity index (χ0) is 14.8. The van der Waals surface area contributed by atoms with Gasteiger partial charge in [0.25, 0.3) is 0 Å². The first-order valence-electron chi connectivity index (χ1n) is 7.46. The van der Waals surface area contributed by atoms with Gasteiger partial charge in [0.05, 0.1) is 0 Å². The van der Waals surface area contributed by atoms with Crippen molar-refractivity contribution in [3.8, 4) is 0 Å². The second-order valence-electron chi connectivity index (χ2n) is 5.48. The van der Waals surface area contributed by atoms with Crippen molar-refractivity contribution in [1.29, 1.82) is 0 Å². The van der Waals surface area contributed by atoms with Gasteiger partial charge in [0.2, 0.25) is 0 Å². The molecular weight excluding hydrogens is 347 g/mol. The van der Waals surface area contributed by atoms with E-state index in [1.807, 2.05) is 0 Å². The van der Waals surface area contributed by atoms with Gasteiger partial charge in [0.1, 0.15) is 0 Å². The summed E-state index contributed by atoms with van der Waals surface area (Å²) in [5, 5.41) is 0. The molecule has 0 N–H and O–H groups in total. The maximum absolute atomic E-state index is 12.2. The van der Waals surface area contributed by atoms with Gasteiger partial charge in [-0.3, -0.25) is 0 Å². The number of rotatable bonds is 11. The van der Waals surface area contributed by atoms with Crippen molar-refractivity contribution in [3.63, 3.8) is 0 Å². The summed E-state index contributed by atoms with van der Waals surface area (Å²) < 4.78 is 1.88. The van der Waals surface area contributed by atoms with Crippen molar-refractivity contribution in [2.24, 2.45) is 0 Å². The van der Waals surface area contributed by atoms with Crippen LogP contribution in [0.3, 0.4) is 0 Å². The number of unbranched alkanes of at least 4 members (excludes halogenated alkanes) is 2. The predicted octanol–water partition coefficient (Wildman–Crippen LogP) is 3.32. The van der Waals surface area contributed by atoms with Crippen LogP contribution in [0.2, 0.25) is 12.8 Å². The third-order valence-electron chi connectivity index (χ3n) is 3.54. The number of ketones is 3. The molecule has 0 spiro atoms. The Bertz CT molecular complexity index is 305. The van der Waals surface area contributed by atoms with Gasteiger partial charge >= 0.3 is 124 Å². The van der Waals surface area contributed by atoms with Crippen LogP contribution in [0, 0.1) is 0 Å². The van der Waals surface area contributed by atoms with Gasteiger partial charge in [-0.25, -0.2) is 0 Å². The van der Waals surface area contributed by atoms with E-state index in [1.54, 1.807) is 0 Å². The molecule has 4 heteroatoms. The Morgan fingerprint density at radius 1 is 0.947 bits per heavy atom. The molecule has 0 aromatic carbocycles. The second-order valence-corrected chi connectivity index (χ2v) is 15.0. The average Bonchev–Trinajstić information content (AvgIpc) is 2.30. The molecule has 0 saturated carbocycles. The zero-order valence-electron chi connectivity index (χ0n) is 12.8. The first kappa shape index (κ1) is 18.8. The summed E-state index contributed by atoms with van der Waals surface area (Å²) in [4.78, 5) is 35.2. The van der Waals surface area contributed by atoms with Gasteiger partial charge in [-0.05, 0) is 0 Å². The van der Waals surface area contributed by atoms with Gasteiger partial charge < -0.3 is 0 Å². The molecule has 0 aliphatic rings. The van der Waals surface area contributed by atoms with Gasteiger partial charge in [-0.15, -0.1) is 0 Å². The molecule has 0 radical (unpaired) electrons. The minimum atomic E-state index is -2.19. The molecule has 3 nitrogen and oxygen atoms in total. The molecule has 0 bridgehead atoms. The van der Waals surface area contributed by atoms with E-state index in [-0.39, 0.29) is 27.7 Å². The summed E-state index contributed by atoms with van der Waals surface area (Å²) in [5.74, 6) is -0.195. The van der Waals surface area contributed by atoms with Crippen molar-refractivity contribution in [2.45, 2.75) is 72.6 Å². The van der Waals surface area contributed by atoms with Crippen molar-refractivity contribution in [2.75, 3.05) is 0 Å². The predicted molar refractivity (Wildman–Crippen MR) is 81.3 cm³/mol. The standard InChI is InChI=1S/C7H9O3.2C4H9.Sn.H/c1-5(8)3-7(10)4-6(2)9;2*1-3-4-2;;/h3H,4H2,1-2H3;2*1,3-4H2,2H3;;. The van der Waals surface area contributed by atoms with Crippen LogP contribution in [-0.4, -0.2) is 37.1 Å². The fourth-order valence-electron chi connectivity index (χ4n) is 2.59. The normalized spacial score (nSPS) is 12.5. The summed E-state index contributed by atoms with van der Waals surface area (Å²) in [6.45, 7) is 7.24. The summed E-state index contributed by atoms with van der Waals surface area (Å²) in [7, 11) is 0. The molecule has 1 atom stereocenters. The van der Waals surface area contributed by atoms with Crippen molar-refractivity contribution in [3.05, 3.63) is 0 Å². The van der Waals surface area contributed by atoms with E-state index in [1.165, 1.54) is 13.8 Å². The minimum absolute atomic E-state index is 0.0132. The van der Waals surface area contributed by atoms with Gasteiger partial charge in [-0.2, -0.15) is 0 Å². The van der Waals surface area contributed by atoms with Crippen molar-refractivity contribution in [1.82, 2.24) is 0 Å². The molecule has 0 aromatic heterocycles. The SMILES string of the molecule is CCC[CH2][SnH]([CH2]CCC)[CH](C(C)=O)C(=O)CC(C)=O. The second kappa shape index (κ2) is 10.6. The summed E-state index contributed by atoms with van der Waals surface area (Å²) >= 11 is -2.19. The third kappa shape index (κ3) is 7.85. The molecule has 1 unspecified atom stereocenters. The maximum atomic E-state index is 12.2. The van der Waals surface area contributed by atoms with Gasteiger partial charge in [0.15, 0.2) is 0 Å².